The fourth-order valence-electron chi connectivity index (χ4n) is 3.54. The second kappa shape index (κ2) is 13.4. The number of ether oxygens (including phenoxy) is 4. The summed E-state index contributed by atoms with van der Waals surface area (Å²) in [7, 11) is 5.03. The molecule has 2 N–H and O–H groups in total. The van der Waals surface area contributed by atoms with Crippen LogP contribution < -0.4 is 24.8 Å². The summed E-state index contributed by atoms with van der Waals surface area (Å²) < 4.78 is 22.5. The molecule has 0 aliphatic carbocycles. The van der Waals surface area contributed by atoms with Crippen LogP contribution in [-0.2, 0) is 17.8 Å². The minimum absolute atomic E-state index is 0. The van der Waals surface area contributed by atoms with Crippen LogP contribution in [0.2, 0.25) is 0 Å². The number of methoxy groups -OCH3 is 2. The SMILES string of the molecule is CN=C(NCc1ccc(C)cc1OCC1CCOC1)NCc1cccc(OC)c1OC.I. The zero-order valence-corrected chi connectivity index (χ0v) is 21.6. The van der Waals surface area contributed by atoms with Crippen LogP contribution in [0.15, 0.2) is 41.4 Å². The van der Waals surface area contributed by atoms with E-state index >= 15 is 0 Å². The molecule has 0 spiro atoms. The van der Waals surface area contributed by atoms with Crippen LogP contribution in [0.3, 0.4) is 0 Å². The van der Waals surface area contributed by atoms with Crippen molar-refractivity contribution in [2.45, 2.75) is 26.4 Å². The van der Waals surface area contributed by atoms with Crippen molar-refractivity contribution >= 4 is 29.9 Å². The van der Waals surface area contributed by atoms with Crippen LogP contribution >= 0.6 is 24.0 Å². The van der Waals surface area contributed by atoms with E-state index in [1.807, 2.05) is 18.2 Å². The lowest BCUT2D eigenvalue weighted by atomic mass is 10.1. The van der Waals surface area contributed by atoms with E-state index in [1.54, 1.807) is 21.3 Å². The van der Waals surface area contributed by atoms with Crippen molar-refractivity contribution in [3.8, 4) is 17.2 Å². The summed E-state index contributed by atoms with van der Waals surface area (Å²) in [6, 6.07) is 12.1. The average molecular weight is 555 g/mol. The number of para-hydroxylation sites is 1. The maximum Gasteiger partial charge on any atom is 0.191 e. The number of hydrogen-bond acceptors (Lipinski definition) is 5. The molecule has 3 rings (SSSR count). The fourth-order valence-corrected chi connectivity index (χ4v) is 3.54. The number of halogens is 1. The highest BCUT2D eigenvalue weighted by atomic mass is 127. The number of aryl methyl sites for hydroxylation is 1. The summed E-state index contributed by atoms with van der Waals surface area (Å²) in [5.41, 5.74) is 3.25. The third kappa shape index (κ3) is 7.16. The Morgan fingerprint density at radius 1 is 1.06 bits per heavy atom. The van der Waals surface area contributed by atoms with E-state index < -0.39 is 0 Å². The lowest BCUT2D eigenvalue weighted by molar-refractivity contribution is 0.166. The van der Waals surface area contributed by atoms with Crippen LogP contribution in [0, 0.1) is 12.8 Å². The molecule has 0 saturated carbocycles. The molecule has 1 atom stereocenters. The van der Waals surface area contributed by atoms with Crippen molar-refractivity contribution in [2.24, 2.45) is 10.9 Å². The monoisotopic (exact) mass is 555 g/mol. The molecule has 1 unspecified atom stereocenters. The summed E-state index contributed by atoms with van der Waals surface area (Å²) in [6.07, 6.45) is 1.06. The number of nitrogens with zero attached hydrogens (tertiary/aromatic N) is 1. The summed E-state index contributed by atoms with van der Waals surface area (Å²) in [5, 5.41) is 6.71. The Balaban J connectivity index is 0.00000363. The van der Waals surface area contributed by atoms with Crippen LogP contribution in [0.25, 0.3) is 0 Å². The number of guanidine groups is 1. The first-order valence-electron chi connectivity index (χ1n) is 10.6. The maximum atomic E-state index is 6.14. The van der Waals surface area contributed by atoms with Crippen LogP contribution in [-0.4, -0.2) is 47.0 Å². The van der Waals surface area contributed by atoms with Gasteiger partial charge in [-0.15, -0.1) is 24.0 Å². The number of benzene rings is 2. The minimum atomic E-state index is 0. The minimum Gasteiger partial charge on any atom is -0.493 e. The van der Waals surface area contributed by atoms with Gasteiger partial charge in [-0.2, -0.15) is 0 Å². The molecule has 0 radical (unpaired) electrons. The fraction of sp³-hybridized carbons (Fsp3) is 0.458. The highest BCUT2D eigenvalue weighted by Crippen LogP contribution is 2.30. The molecule has 1 heterocycles. The van der Waals surface area contributed by atoms with Crippen LogP contribution in [0.4, 0.5) is 0 Å². The van der Waals surface area contributed by atoms with Crippen molar-refractivity contribution in [3.05, 3.63) is 53.1 Å². The van der Waals surface area contributed by atoms with E-state index in [1.165, 1.54) is 5.56 Å². The highest BCUT2D eigenvalue weighted by Gasteiger charge is 2.17. The van der Waals surface area contributed by atoms with Crippen molar-refractivity contribution in [3.63, 3.8) is 0 Å². The molecule has 1 aliphatic heterocycles. The number of hydrogen-bond donors (Lipinski definition) is 2. The molecule has 0 aromatic heterocycles. The largest absolute Gasteiger partial charge is 0.493 e. The molecule has 1 saturated heterocycles. The Kier molecular flexibility index (Phi) is 10.9. The van der Waals surface area contributed by atoms with Crippen LogP contribution in [0.1, 0.15) is 23.1 Å². The van der Waals surface area contributed by atoms with Crippen molar-refractivity contribution in [2.75, 3.05) is 41.1 Å². The third-order valence-electron chi connectivity index (χ3n) is 5.32. The van der Waals surface area contributed by atoms with Gasteiger partial charge in [-0.3, -0.25) is 4.99 Å². The molecule has 176 valence electrons. The quantitative estimate of drug-likeness (QED) is 0.278. The van der Waals surface area contributed by atoms with Gasteiger partial charge in [0.05, 0.1) is 27.4 Å². The highest BCUT2D eigenvalue weighted by molar-refractivity contribution is 14.0. The summed E-state index contributed by atoms with van der Waals surface area (Å²) in [5.74, 6) is 3.50. The van der Waals surface area contributed by atoms with E-state index in [0.717, 1.165) is 42.3 Å². The predicted molar refractivity (Wildman–Crippen MR) is 138 cm³/mol. The van der Waals surface area contributed by atoms with Crippen LogP contribution in [0.5, 0.6) is 17.2 Å². The van der Waals surface area contributed by atoms with E-state index in [9.17, 15) is 0 Å². The second-order valence-electron chi connectivity index (χ2n) is 7.58. The van der Waals surface area contributed by atoms with Gasteiger partial charge in [-0.05, 0) is 31.0 Å². The normalized spacial score (nSPS) is 15.6. The number of rotatable bonds is 9. The van der Waals surface area contributed by atoms with E-state index in [2.05, 4.69) is 40.7 Å². The molecule has 1 fully saturated rings. The van der Waals surface area contributed by atoms with Gasteiger partial charge in [0.2, 0.25) is 0 Å². The molecule has 2 aromatic carbocycles. The van der Waals surface area contributed by atoms with Gasteiger partial charge in [-0.1, -0.05) is 24.3 Å². The molecule has 8 heteroatoms. The lowest BCUT2D eigenvalue weighted by Gasteiger charge is -2.18. The topological polar surface area (TPSA) is 73.3 Å². The van der Waals surface area contributed by atoms with E-state index in [4.69, 9.17) is 18.9 Å². The van der Waals surface area contributed by atoms with E-state index in [0.29, 0.717) is 37.3 Å². The molecule has 0 bridgehead atoms. The molecular formula is C24H34IN3O4. The summed E-state index contributed by atoms with van der Waals surface area (Å²) in [4.78, 5) is 4.34. The first-order valence-corrected chi connectivity index (χ1v) is 10.6. The molecule has 32 heavy (non-hydrogen) atoms. The van der Waals surface area contributed by atoms with Crippen molar-refractivity contribution in [1.29, 1.82) is 0 Å². The standard InChI is InChI=1S/C24H33N3O4.HI/c1-17-8-9-19(22(12-17)31-16-18-10-11-30-15-18)13-26-24(25-2)27-14-20-6-5-7-21(28-3)23(20)29-4;/h5-9,12,18H,10-11,13-16H2,1-4H3,(H2,25,26,27);1H. The smallest absolute Gasteiger partial charge is 0.191 e. The Labute approximate surface area is 207 Å². The molecular weight excluding hydrogens is 521 g/mol. The number of nitrogens with one attached hydrogen (secondary N) is 2. The Hall–Kier alpha value is -2.20. The zero-order chi connectivity index (χ0) is 22.1. The Bertz CT molecular complexity index is 886. The van der Waals surface area contributed by atoms with E-state index in [-0.39, 0.29) is 24.0 Å². The summed E-state index contributed by atoms with van der Waals surface area (Å²) in [6.45, 7) is 5.52. The van der Waals surface area contributed by atoms with Gasteiger partial charge in [0.25, 0.3) is 0 Å². The first-order chi connectivity index (χ1) is 15.1. The van der Waals surface area contributed by atoms with Gasteiger partial charge in [-0.25, -0.2) is 0 Å². The van der Waals surface area contributed by atoms with Gasteiger partial charge in [0, 0.05) is 43.8 Å². The average Bonchev–Trinajstić information content (AvgIpc) is 3.32. The van der Waals surface area contributed by atoms with Gasteiger partial charge in [0.1, 0.15) is 5.75 Å². The molecule has 7 nitrogen and oxygen atoms in total. The molecule has 0 amide bonds. The maximum absolute atomic E-state index is 6.14. The second-order valence-corrected chi connectivity index (χ2v) is 7.58. The Morgan fingerprint density at radius 3 is 2.50 bits per heavy atom. The number of aliphatic imine (C=N–C) groups is 1. The zero-order valence-electron chi connectivity index (χ0n) is 19.3. The van der Waals surface area contributed by atoms with Gasteiger partial charge >= 0.3 is 0 Å². The van der Waals surface area contributed by atoms with Gasteiger partial charge in [0.15, 0.2) is 17.5 Å². The lowest BCUT2D eigenvalue weighted by Crippen LogP contribution is -2.36. The predicted octanol–water partition coefficient (Wildman–Crippen LogP) is 3.91. The summed E-state index contributed by atoms with van der Waals surface area (Å²) >= 11 is 0. The Morgan fingerprint density at radius 2 is 1.84 bits per heavy atom. The van der Waals surface area contributed by atoms with Crippen molar-refractivity contribution in [1.82, 2.24) is 10.6 Å². The van der Waals surface area contributed by atoms with Crippen molar-refractivity contribution < 1.29 is 18.9 Å². The first kappa shape index (κ1) is 26.1. The van der Waals surface area contributed by atoms with Gasteiger partial charge < -0.3 is 29.6 Å². The molecule has 1 aliphatic rings. The molecule has 2 aromatic rings. The third-order valence-corrected chi connectivity index (χ3v) is 5.32.